The SMILES string of the molecule is COc1ccc(N(CCCC(=O)NCc2cccc(C(F)(F)F)c2)S(C)(=O)=O)cc1Cl. The monoisotopic (exact) mass is 478 g/mol. The number of hydrogen-bond acceptors (Lipinski definition) is 4. The third kappa shape index (κ3) is 7.32. The molecule has 0 atom stereocenters. The summed E-state index contributed by atoms with van der Waals surface area (Å²) in [6.45, 7) is -0.0366. The van der Waals surface area contributed by atoms with E-state index in [1.807, 2.05) is 0 Å². The summed E-state index contributed by atoms with van der Waals surface area (Å²) in [5.41, 5.74) is -0.146. The molecule has 0 aromatic heterocycles. The molecule has 0 aliphatic heterocycles. The van der Waals surface area contributed by atoms with Crippen LogP contribution in [0.3, 0.4) is 0 Å². The number of nitrogens with one attached hydrogen (secondary N) is 1. The molecule has 2 rings (SSSR count). The van der Waals surface area contributed by atoms with Crippen LogP contribution in [0.15, 0.2) is 42.5 Å². The van der Waals surface area contributed by atoms with E-state index in [1.54, 1.807) is 6.07 Å². The van der Waals surface area contributed by atoms with Crippen molar-refractivity contribution < 1.29 is 31.1 Å². The lowest BCUT2D eigenvalue weighted by Crippen LogP contribution is -2.32. The van der Waals surface area contributed by atoms with Crippen LogP contribution in [0, 0.1) is 0 Å². The first kappa shape index (κ1) is 24.8. The predicted molar refractivity (Wildman–Crippen MR) is 113 cm³/mol. The Morgan fingerprint density at radius 3 is 2.48 bits per heavy atom. The number of benzene rings is 2. The Morgan fingerprint density at radius 1 is 1.19 bits per heavy atom. The Kier molecular flexibility index (Phi) is 8.19. The van der Waals surface area contributed by atoms with E-state index in [1.165, 1.54) is 31.4 Å². The van der Waals surface area contributed by atoms with Crippen LogP contribution in [0.5, 0.6) is 5.75 Å². The first-order valence-electron chi connectivity index (χ1n) is 9.16. The number of halogens is 4. The smallest absolute Gasteiger partial charge is 0.416 e. The lowest BCUT2D eigenvalue weighted by molar-refractivity contribution is -0.137. The molecule has 31 heavy (non-hydrogen) atoms. The number of carbonyl (C=O) groups is 1. The summed E-state index contributed by atoms with van der Waals surface area (Å²) in [5.74, 6) is -0.00790. The summed E-state index contributed by atoms with van der Waals surface area (Å²) in [4.78, 5) is 12.1. The number of ether oxygens (including phenoxy) is 1. The highest BCUT2D eigenvalue weighted by atomic mass is 35.5. The summed E-state index contributed by atoms with van der Waals surface area (Å²) in [7, 11) is -2.19. The van der Waals surface area contributed by atoms with Gasteiger partial charge in [0.1, 0.15) is 5.75 Å². The van der Waals surface area contributed by atoms with Crippen molar-refractivity contribution >= 4 is 33.2 Å². The minimum Gasteiger partial charge on any atom is -0.495 e. The van der Waals surface area contributed by atoms with Gasteiger partial charge in [0.05, 0.1) is 29.6 Å². The maximum atomic E-state index is 12.8. The Morgan fingerprint density at radius 2 is 1.90 bits per heavy atom. The molecule has 2 aromatic carbocycles. The van der Waals surface area contributed by atoms with Crippen LogP contribution in [0.4, 0.5) is 18.9 Å². The number of hydrogen-bond donors (Lipinski definition) is 1. The zero-order valence-corrected chi connectivity index (χ0v) is 18.4. The molecular weight excluding hydrogens is 457 g/mol. The largest absolute Gasteiger partial charge is 0.495 e. The van der Waals surface area contributed by atoms with Crippen molar-refractivity contribution in [2.75, 3.05) is 24.2 Å². The van der Waals surface area contributed by atoms with E-state index in [4.69, 9.17) is 16.3 Å². The van der Waals surface area contributed by atoms with E-state index in [2.05, 4.69) is 5.32 Å². The standard InChI is InChI=1S/C20H22ClF3N2O4S/c1-30-18-9-8-16(12-17(18)21)26(31(2,28)29)10-4-7-19(27)25-13-14-5-3-6-15(11-14)20(22,23)24/h3,5-6,8-9,11-12H,4,7,10,13H2,1-2H3,(H,25,27). The van der Waals surface area contributed by atoms with Gasteiger partial charge in [0, 0.05) is 19.5 Å². The fourth-order valence-electron chi connectivity index (χ4n) is 2.83. The van der Waals surface area contributed by atoms with Crippen LogP contribution in [0.1, 0.15) is 24.0 Å². The summed E-state index contributed by atoms with van der Waals surface area (Å²) < 4.78 is 68.8. The normalized spacial score (nSPS) is 11.8. The predicted octanol–water partition coefficient (Wildman–Crippen LogP) is 4.23. The minimum absolute atomic E-state index is 0.00509. The van der Waals surface area contributed by atoms with Crippen LogP contribution in [0.2, 0.25) is 5.02 Å². The zero-order valence-electron chi connectivity index (χ0n) is 16.9. The molecule has 170 valence electrons. The molecule has 0 spiro atoms. The van der Waals surface area contributed by atoms with Gasteiger partial charge in [0.25, 0.3) is 0 Å². The van der Waals surface area contributed by atoms with Crippen LogP contribution in [0.25, 0.3) is 0 Å². The van der Waals surface area contributed by atoms with Gasteiger partial charge in [0.15, 0.2) is 0 Å². The van der Waals surface area contributed by atoms with Crippen molar-refractivity contribution in [1.82, 2.24) is 5.32 Å². The summed E-state index contributed by atoms with van der Waals surface area (Å²) in [6, 6.07) is 9.21. The van der Waals surface area contributed by atoms with Gasteiger partial charge in [-0.15, -0.1) is 0 Å². The molecule has 0 fully saturated rings. The third-order valence-electron chi connectivity index (χ3n) is 4.33. The molecule has 0 saturated heterocycles. The van der Waals surface area contributed by atoms with Gasteiger partial charge < -0.3 is 10.1 Å². The van der Waals surface area contributed by atoms with E-state index >= 15 is 0 Å². The molecule has 0 unspecified atom stereocenters. The van der Waals surface area contributed by atoms with Gasteiger partial charge in [-0.25, -0.2) is 8.42 Å². The molecular formula is C20H22ClF3N2O4S. The van der Waals surface area contributed by atoms with E-state index in [9.17, 15) is 26.4 Å². The quantitative estimate of drug-likeness (QED) is 0.585. The number of amides is 1. The second-order valence-electron chi connectivity index (χ2n) is 6.73. The van der Waals surface area contributed by atoms with E-state index in [-0.39, 0.29) is 31.0 Å². The number of methoxy groups -OCH3 is 1. The van der Waals surface area contributed by atoms with Crippen LogP contribution in [-0.2, 0) is 27.5 Å². The second kappa shape index (κ2) is 10.2. The van der Waals surface area contributed by atoms with Crippen molar-refractivity contribution in [3.8, 4) is 5.75 Å². The van der Waals surface area contributed by atoms with Crippen molar-refractivity contribution in [3.05, 3.63) is 58.6 Å². The molecule has 0 saturated carbocycles. The highest BCUT2D eigenvalue weighted by Gasteiger charge is 2.30. The van der Waals surface area contributed by atoms with E-state index in [0.717, 1.165) is 22.7 Å². The second-order valence-corrected chi connectivity index (χ2v) is 9.05. The van der Waals surface area contributed by atoms with Gasteiger partial charge in [0.2, 0.25) is 15.9 Å². The highest BCUT2D eigenvalue weighted by Crippen LogP contribution is 2.31. The number of carbonyl (C=O) groups excluding carboxylic acids is 1. The molecule has 6 nitrogen and oxygen atoms in total. The number of anilines is 1. The Labute approximate surface area is 184 Å². The van der Waals surface area contributed by atoms with Crippen molar-refractivity contribution in [1.29, 1.82) is 0 Å². The molecule has 0 aliphatic rings. The molecule has 0 bridgehead atoms. The highest BCUT2D eigenvalue weighted by molar-refractivity contribution is 7.92. The van der Waals surface area contributed by atoms with Gasteiger partial charge >= 0.3 is 6.18 Å². The third-order valence-corrected chi connectivity index (χ3v) is 5.82. The first-order valence-corrected chi connectivity index (χ1v) is 11.4. The van der Waals surface area contributed by atoms with Crippen LogP contribution in [-0.4, -0.2) is 34.2 Å². The average Bonchev–Trinajstić information content (AvgIpc) is 2.68. The van der Waals surface area contributed by atoms with Gasteiger partial charge in [-0.1, -0.05) is 23.7 Å². The van der Waals surface area contributed by atoms with Crippen molar-refractivity contribution in [2.45, 2.75) is 25.6 Å². The Hall–Kier alpha value is -2.46. The van der Waals surface area contributed by atoms with Gasteiger partial charge in [-0.3, -0.25) is 9.10 Å². The summed E-state index contributed by atoms with van der Waals surface area (Å²) in [6.07, 6.45) is -3.22. The van der Waals surface area contributed by atoms with Crippen molar-refractivity contribution in [2.24, 2.45) is 0 Å². The van der Waals surface area contributed by atoms with Gasteiger partial charge in [-0.05, 0) is 42.3 Å². The first-order chi connectivity index (χ1) is 14.4. The minimum atomic E-state index is -4.46. The summed E-state index contributed by atoms with van der Waals surface area (Å²) >= 11 is 6.07. The van der Waals surface area contributed by atoms with Crippen LogP contribution >= 0.6 is 11.6 Å². The molecule has 1 amide bonds. The molecule has 11 heteroatoms. The molecule has 1 N–H and O–H groups in total. The number of rotatable bonds is 9. The number of alkyl halides is 3. The topological polar surface area (TPSA) is 75.7 Å². The number of sulfonamides is 1. The average molecular weight is 479 g/mol. The fourth-order valence-corrected chi connectivity index (χ4v) is 4.04. The molecule has 2 aromatic rings. The van der Waals surface area contributed by atoms with Crippen molar-refractivity contribution in [3.63, 3.8) is 0 Å². The molecule has 0 heterocycles. The molecule has 0 radical (unpaired) electrons. The lowest BCUT2D eigenvalue weighted by atomic mass is 10.1. The van der Waals surface area contributed by atoms with Gasteiger partial charge in [-0.2, -0.15) is 13.2 Å². The Balaban J connectivity index is 1.94. The molecule has 0 aliphatic carbocycles. The summed E-state index contributed by atoms with van der Waals surface area (Å²) in [5, 5.41) is 2.79. The number of nitrogens with zero attached hydrogens (tertiary/aromatic N) is 1. The maximum Gasteiger partial charge on any atom is 0.416 e. The van der Waals surface area contributed by atoms with E-state index < -0.39 is 27.7 Å². The Bertz CT molecular complexity index is 1030. The lowest BCUT2D eigenvalue weighted by Gasteiger charge is -2.23. The zero-order chi connectivity index (χ0) is 23.2. The van der Waals surface area contributed by atoms with Crippen LogP contribution < -0.4 is 14.4 Å². The fraction of sp³-hybridized carbons (Fsp3) is 0.350. The van der Waals surface area contributed by atoms with E-state index in [0.29, 0.717) is 17.0 Å². The maximum absolute atomic E-state index is 12.8.